The summed E-state index contributed by atoms with van der Waals surface area (Å²) >= 11 is 1.84. The summed E-state index contributed by atoms with van der Waals surface area (Å²) in [7, 11) is 0. The smallest absolute Gasteiger partial charge is 0.167 e. The summed E-state index contributed by atoms with van der Waals surface area (Å²) in [4.78, 5) is 17.7. The van der Waals surface area contributed by atoms with Crippen molar-refractivity contribution in [1.82, 2.24) is 15.0 Å². The molecule has 0 atom stereocenters. The molecule has 0 fully saturated rings. The lowest BCUT2D eigenvalue weighted by Gasteiger charge is -2.26. The Balaban J connectivity index is 1.06. The topological polar surface area (TPSA) is 55.1 Å². The van der Waals surface area contributed by atoms with Crippen LogP contribution < -0.4 is 4.90 Å². The van der Waals surface area contributed by atoms with Gasteiger partial charge in [-0.15, -0.1) is 11.3 Å². The van der Waals surface area contributed by atoms with Crippen LogP contribution in [0.1, 0.15) is 0 Å². The Hall–Kier alpha value is -7.93. The minimum Gasteiger partial charge on any atom is -0.455 e. The van der Waals surface area contributed by atoms with E-state index in [0.717, 1.165) is 77.6 Å². The van der Waals surface area contributed by atoms with Gasteiger partial charge in [0.25, 0.3) is 0 Å². The molecular formula is C55H34N4OS. The molecule has 286 valence electrons. The first-order chi connectivity index (χ1) is 30.2. The van der Waals surface area contributed by atoms with Crippen LogP contribution in [-0.4, -0.2) is 15.0 Å². The summed E-state index contributed by atoms with van der Waals surface area (Å²) in [6.07, 6.45) is 0. The van der Waals surface area contributed by atoms with E-state index < -0.39 is 0 Å². The van der Waals surface area contributed by atoms with Gasteiger partial charge in [0.05, 0.1) is 16.0 Å². The summed E-state index contributed by atoms with van der Waals surface area (Å²) < 4.78 is 9.37. The van der Waals surface area contributed by atoms with Crippen molar-refractivity contribution in [2.45, 2.75) is 0 Å². The fourth-order valence-electron chi connectivity index (χ4n) is 8.54. The van der Waals surface area contributed by atoms with Gasteiger partial charge in [-0.3, -0.25) is 0 Å². The Morgan fingerprint density at radius 1 is 0.393 bits per heavy atom. The van der Waals surface area contributed by atoms with E-state index in [4.69, 9.17) is 19.4 Å². The van der Waals surface area contributed by atoms with E-state index in [-0.39, 0.29) is 0 Å². The van der Waals surface area contributed by atoms with Crippen LogP contribution in [0.2, 0.25) is 0 Å². The lowest BCUT2D eigenvalue weighted by atomic mass is 9.97. The van der Waals surface area contributed by atoms with Crippen molar-refractivity contribution in [2.24, 2.45) is 0 Å². The van der Waals surface area contributed by atoms with Gasteiger partial charge in [0.1, 0.15) is 11.2 Å². The van der Waals surface area contributed by atoms with Crippen LogP contribution in [0.3, 0.4) is 0 Å². The first kappa shape index (κ1) is 35.1. The van der Waals surface area contributed by atoms with Crippen molar-refractivity contribution in [3.63, 3.8) is 0 Å². The zero-order valence-electron chi connectivity index (χ0n) is 32.7. The number of aromatic nitrogens is 3. The van der Waals surface area contributed by atoms with E-state index in [2.05, 4.69) is 150 Å². The van der Waals surface area contributed by atoms with E-state index >= 15 is 0 Å². The lowest BCUT2D eigenvalue weighted by molar-refractivity contribution is 0.670. The maximum absolute atomic E-state index is 6.83. The molecule has 12 rings (SSSR count). The zero-order chi connectivity index (χ0) is 40.3. The molecule has 0 N–H and O–H groups in total. The van der Waals surface area contributed by atoms with Crippen molar-refractivity contribution in [1.29, 1.82) is 0 Å². The zero-order valence-corrected chi connectivity index (χ0v) is 33.6. The fraction of sp³-hybridized carbons (Fsp3) is 0. The third-order valence-electron chi connectivity index (χ3n) is 11.5. The van der Waals surface area contributed by atoms with Crippen LogP contribution in [0.4, 0.5) is 17.1 Å². The Morgan fingerprint density at radius 3 is 1.70 bits per heavy atom. The number of benzene rings is 9. The molecule has 6 heteroatoms. The molecule has 5 nitrogen and oxygen atoms in total. The second-order valence-corrected chi connectivity index (χ2v) is 16.3. The second-order valence-electron chi connectivity index (χ2n) is 15.2. The number of furan rings is 1. The van der Waals surface area contributed by atoms with Crippen molar-refractivity contribution in [3.05, 3.63) is 206 Å². The van der Waals surface area contributed by atoms with Crippen LogP contribution in [-0.2, 0) is 0 Å². The number of nitrogens with zero attached hydrogens (tertiary/aromatic N) is 4. The Labute approximate surface area is 355 Å². The number of para-hydroxylation sites is 1. The van der Waals surface area contributed by atoms with Gasteiger partial charge in [-0.2, -0.15) is 0 Å². The minimum atomic E-state index is 0.548. The number of fused-ring (bicyclic) bond motifs is 7. The van der Waals surface area contributed by atoms with Gasteiger partial charge < -0.3 is 9.32 Å². The van der Waals surface area contributed by atoms with Crippen LogP contribution in [0.5, 0.6) is 0 Å². The molecule has 0 saturated carbocycles. The second kappa shape index (κ2) is 14.4. The molecule has 0 saturated heterocycles. The molecule has 3 heterocycles. The molecule has 9 aromatic carbocycles. The van der Waals surface area contributed by atoms with Gasteiger partial charge in [-0.25, -0.2) is 15.0 Å². The highest BCUT2D eigenvalue weighted by Crippen LogP contribution is 2.46. The first-order valence-corrected chi connectivity index (χ1v) is 21.2. The molecule has 0 radical (unpaired) electrons. The predicted octanol–water partition coefficient (Wildman–Crippen LogP) is 15.4. The molecule has 0 amide bonds. The van der Waals surface area contributed by atoms with Crippen LogP contribution in [0, 0.1) is 0 Å². The summed E-state index contributed by atoms with van der Waals surface area (Å²) in [5.41, 5.74) is 9.60. The molecule has 0 aliphatic heterocycles. The molecule has 0 bridgehead atoms. The lowest BCUT2D eigenvalue weighted by Crippen LogP contribution is -2.09. The van der Waals surface area contributed by atoms with E-state index in [1.807, 2.05) is 72.0 Å². The summed E-state index contributed by atoms with van der Waals surface area (Å²) in [6, 6.07) is 72.2. The highest BCUT2D eigenvalue weighted by Gasteiger charge is 2.22. The number of thiophene rings is 1. The third-order valence-corrected chi connectivity index (χ3v) is 12.7. The summed E-state index contributed by atoms with van der Waals surface area (Å²) in [5, 5.41) is 6.87. The van der Waals surface area contributed by atoms with Gasteiger partial charge >= 0.3 is 0 Å². The number of hydrogen-bond acceptors (Lipinski definition) is 6. The highest BCUT2D eigenvalue weighted by molar-refractivity contribution is 7.26. The average Bonchev–Trinajstić information content (AvgIpc) is 3.90. The molecule has 0 aliphatic rings. The Morgan fingerprint density at radius 2 is 0.984 bits per heavy atom. The number of anilines is 3. The van der Waals surface area contributed by atoms with Crippen molar-refractivity contribution in [3.8, 4) is 45.3 Å². The highest BCUT2D eigenvalue weighted by atomic mass is 32.1. The summed E-state index contributed by atoms with van der Waals surface area (Å²) in [5.74, 6) is 1.75. The van der Waals surface area contributed by atoms with Crippen molar-refractivity contribution < 1.29 is 4.42 Å². The molecule has 0 aliphatic carbocycles. The predicted molar refractivity (Wildman–Crippen MR) is 254 cm³/mol. The molecular weight excluding hydrogens is 765 g/mol. The van der Waals surface area contributed by atoms with Gasteiger partial charge in [-0.1, -0.05) is 146 Å². The van der Waals surface area contributed by atoms with Gasteiger partial charge in [0.2, 0.25) is 0 Å². The Kier molecular flexibility index (Phi) is 8.28. The Bertz CT molecular complexity index is 3520. The standard InChI is InChI=1S/C55H34N4OS/c1-4-15-36(16-5-1)53-56-54(37-17-6-2-7-18-37)58-55(57-53)47-33-40(32-46-45-31-38-19-10-11-20-39(38)34-49(45)60-51(46)47)35-27-29-42(30-28-35)59(41-21-8-3-9-22-41)48-25-14-24-44-43-23-12-13-26-50(43)61-52(44)48/h1-34H. The summed E-state index contributed by atoms with van der Waals surface area (Å²) in [6.45, 7) is 0. The van der Waals surface area contributed by atoms with Gasteiger partial charge in [-0.05, 0) is 82.6 Å². The third kappa shape index (κ3) is 6.12. The van der Waals surface area contributed by atoms with E-state index in [9.17, 15) is 0 Å². The SMILES string of the molecule is c1ccc(-c2nc(-c3ccccc3)nc(-c3cc(-c4ccc(N(c5ccccc5)c5cccc6c5sc5ccccc56)cc4)cc4c3oc3cc5ccccc5cc34)n2)cc1. The van der Waals surface area contributed by atoms with E-state index in [0.29, 0.717) is 17.5 Å². The minimum absolute atomic E-state index is 0.548. The fourth-order valence-corrected chi connectivity index (χ4v) is 9.75. The van der Waals surface area contributed by atoms with Crippen LogP contribution in [0.25, 0.3) is 98.2 Å². The quantitative estimate of drug-likeness (QED) is 0.161. The molecule has 0 spiro atoms. The van der Waals surface area contributed by atoms with E-state index in [1.165, 1.54) is 20.2 Å². The molecule has 3 aromatic heterocycles. The number of hydrogen-bond donors (Lipinski definition) is 0. The molecule has 12 aromatic rings. The maximum atomic E-state index is 6.83. The van der Waals surface area contributed by atoms with Gasteiger partial charge in [0.15, 0.2) is 17.5 Å². The normalized spacial score (nSPS) is 11.6. The van der Waals surface area contributed by atoms with Crippen molar-refractivity contribution >= 4 is 81.3 Å². The largest absolute Gasteiger partial charge is 0.455 e. The molecule has 0 unspecified atom stereocenters. The van der Waals surface area contributed by atoms with Crippen molar-refractivity contribution in [2.75, 3.05) is 4.90 Å². The monoisotopic (exact) mass is 798 g/mol. The number of rotatable bonds is 7. The average molecular weight is 799 g/mol. The van der Waals surface area contributed by atoms with Gasteiger partial charge in [0, 0.05) is 48.7 Å². The molecule has 61 heavy (non-hydrogen) atoms. The van der Waals surface area contributed by atoms with Crippen LogP contribution >= 0.6 is 11.3 Å². The van der Waals surface area contributed by atoms with E-state index in [1.54, 1.807) is 0 Å². The maximum Gasteiger partial charge on any atom is 0.167 e. The van der Waals surface area contributed by atoms with Crippen LogP contribution in [0.15, 0.2) is 211 Å². The first-order valence-electron chi connectivity index (χ1n) is 20.3.